The first-order chi connectivity index (χ1) is 8.58. The number of carbonyl (C=O) groups is 2. The molecule has 1 heterocycles. The van der Waals surface area contributed by atoms with E-state index >= 15 is 0 Å². The Labute approximate surface area is 107 Å². The maximum atomic E-state index is 12.7. The zero-order valence-corrected chi connectivity index (χ0v) is 10.1. The maximum absolute atomic E-state index is 12.7. The minimum Gasteiger partial charge on any atom is -0.480 e. The van der Waals surface area contributed by atoms with Crippen LogP contribution in [-0.2, 0) is 4.79 Å². The molecule has 1 aliphatic rings. The molecule has 0 radical (unpaired) electrons. The molecule has 1 atom stereocenters. The van der Waals surface area contributed by atoms with Gasteiger partial charge in [-0.05, 0) is 24.3 Å². The van der Waals surface area contributed by atoms with E-state index in [9.17, 15) is 14.0 Å². The molecular weight excluding hydrogens is 259 g/mol. The van der Waals surface area contributed by atoms with Crippen LogP contribution in [0.4, 0.5) is 14.9 Å². The van der Waals surface area contributed by atoms with Crippen LogP contribution in [0, 0.1) is 5.82 Å². The van der Waals surface area contributed by atoms with E-state index in [-0.39, 0.29) is 0 Å². The summed E-state index contributed by atoms with van der Waals surface area (Å²) in [6.07, 6.45) is 0. The molecule has 1 aliphatic heterocycles. The van der Waals surface area contributed by atoms with E-state index in [0.717, 1.165) is 0 Å². The average molecular weight is 270 g/mol. The van der Waals surface area contributed by atoms with E-state index in [1.165, 1.54) is 40.9 Å². The van der Waals surface area contributed by atoms with Crippen LogP contribution in [0.5, 0.6) is 0 Å². The summed E-state index contributed by atoms with van der Waals surface area (Å²) in [5.41, 5.74) is 0.433. The van der Waals surface area contributed by atoms with Crippen molar-refractivity contribution < 1.29 is 19.1 Å². The highest BCUT2D eigenvalue weighted by atomic mass is 32.2. The van der Waals surface area contributed by atoms with Gasteiger partial charge in [0.25, 0.3) is 0 Å². The molecule has 1 saturated heterocycles. The molecule has 0 unspecified atom stereocenters. The van der Waals surface area contributed by atoms with Gasteiger partial charge < -0.3 is 15.3 Å². The minimum absolute atomic E-state index is 0.337. The van der Waals surface area contributed by atoms with Crippen molar-refractivity contribution in [1.29, 1.82) is 0 Å². The number of benzene rings is 1. The standard InChI is InChI=1S/C11H11FN2O3S/c12-7-1-3-8(4-2-7)13-11(17)14-6-18-5-9(14)10(15)16/h1-4,9H,5-6H2,(H,13,17)(H,15,16)/t9-/m0/s1. The highest BCUT2D eigenvalue weighted by Crippen LogP contribution is 2.22. The molecule has 0 aliphatic carbocycles. The lowest BCUT2D eigenvalue weighted by atomic mass is 10.3. The van der Waals surface area contributed by atoms with Crippen molar-refractivity contribution >= 4 is 29.4 Å². The van der Waals surface area contributed by atoms with E-state index in [4.69, 9.17) is 5.11 Å². The van der Waals surface area contributed by atoms with E-state index in [2.05, 4.69) is 5.32 Å². The molecule has 7 heteroatoms. The van der Waals surface area contributed by atoms with Gasteiger partial charge in [0.1, 0.15) is 11.9 Å². The van der Waals surface area contributed by atoms with Gasteiger partial charge in [-0.1, -0.05) is 0 Å². The molecular formula is C11H11FN2O3S. The number of thioether (sulfide) groups is 1. The minimum atomic E-state index is -1.02. The Kier molecular flexibility index (Phi) is 3.71. The van der Waals surface area contributed by atoms with Gasteiger partial charge >= 0.3 is 12.0 Å². The molecule has 0 spiro atoms. The zero-order valence-electron chi connectivity index (χ0n) is 9.30. The quantitative estimate of drug-likeness (QED) is 0.860. The molecule has 1 aromatic carbocycles. The summed E-state index contributed by atoms with van der Waals surface area (Å²) in [6.45, 7) is 0. The fraction of sp³-hybridized carbons (Fsp3) is 0.273. The van der Waals surface area contributed by atoms with Crippen molar-refractivity contribution in [3.63, 3.8) is 0 Å². The zero-order chi connectivity index (χ0) is 13.1. The monoisotopic (exact) mass is 270 g/mol. The number of hydrogen-bond donors (Lipinski definition) is 2. The van der Waals surface area contributed by atoms with Gasteiger partial charge in [0.2, 0.25) is 0 Å². The third kappa shape index (κ3) is 2.73. The van der Waals surface area contributed by atoms with Crippen LogP contribution in [0.2, 0.25) is 0 Å². The van der Waals surface area contributed by atoms with E-state index < -0.39 is 23.9 Å². The topological polar surface area (TPSA) is 69.6 Å². The molecule has 5 nitrogen and oxygen atoms in total. The Hall–Kier alpha value is -1.76. The number of amides is 2. The van der Waals surface area contributed by atoms with Gasteiger partial charge in [-0.15, -0.1) is 11.8 Å². The summed E-state index contributed by atoms with van der Waals surface area (Å²) in [5.74, 6) is -0.696. The summed E-state index contributed by atoms with van der Waals surface area (Å²) >= 11 is 1.38. The second-order valence-corrected chi connectivity index (χ2v) is 4.76. The molecule has 2 N–H and O–H groups in total. The Bertz CT molecular complexity index is 466. The second-order valence-electron chi connectivity index (χ2n) is 3.76. The summed E-state index contributed by atoms with van der Waals surface area (Å²) < 4.78 is 12.7. The highest BCUT2D eigenvalue weighted by molar-refractivity contribution is 7.99. The summed E-state index contributed by atoms with van der Waals surface area (Å²) in [7, 11) is 0. The number of carboxylic acid groups (broad SMARTS) is 1. The molecule has 96 valence electrons. The summed E-state index contributed by atoms with van der Waals surface area (Å²) in [5, 5.41) is 11.5. The number of nitrogens with zero attached hydrogens (tertiary/aromatic N) is 1. The fourth-order valence-corrected chi connectivity index (χ4v) is 2.72. The van der Waals surface area contributed by atoms with Crippen molar-refractivity contribution in [3.05, 3.63) is 30.1 Å². The Balaban J connectivity index is 2.03. The molecule has 0 saturated carbocycles. The van der Waals surface area contributed by atoms with E-state index in [0.29, 0.717) is 17.3 Å². The van der Waals surface area contributed by atoms with Crippen molar-refractivity contribution in [2.75, 3.05) is 16.9 Å². The fourth-order valence-electron chi connectivity index (χ4n) is 1.58. The van der Waals surface area contributed by atoms with Gasteiger partial charge in [0.15, 0.2) is 0 Å². The molecule has 0 aromatic heterocycles. The van der Waals surface area contributed by atoms with Crippen LogP contribution in [0.3, 0.4) is 0 Å². The first kappa shape index (κ1) is 12.7. The molecule has 2 rings (SSSR count). The van der Waals surface area contributed by atoms with Gasteiger partial charge in [-0.3, -0.25) is 0 Å². The Morgan fingerprint density at radius 3 is 2.67 bits per heavy atom. The lowest BCUT2D eigenvalue weighted by Crippen LogP contribution is -2.43. The number of aliphatic carboxylic acids is 1. The normalized spacial score (nSPS) is 18.7. The van der Waals surface area contributed by atoms with Crippen molar-refractivity contribution in [3.8, 4) is 0 Å². The summed E-state index contributed by atoms with van der Waals surface area (Å²) in [6, 6.07) is 4.00. The van der Waals surface area contributed by atoms with Gasteiger partial charge in [-0.25, -0.2) is 14.0 Å². The number of hydrogen-bond acceptors (Lipinski definition) is 3. The molecule has 1 fully saturated rings. The van der Waals surface area contributed by atoms with Crippen molar-refractivity contribution in [2.24, 2.45) is 0 Å². The smallest absolute Gasteiger partial charge is 0.327 e. The predicted octanol–water partition coefficient (Wildman–Crippen LogP) is 1.82. The van der Waals surface area contributed by atoms with Crippen LogP contribution in [0.1, 0.15) is 0 Å². The highest BCUT2D eigenvalue weighted by Gasteiger charge is 2.34. The number of carboxylic acids is 1. The Morgan fingerprint density at radius 2 is 2.06 bits per heavy atom. The number of urea groups is 1. The van der Waals surface area contributed by atoms with Gasteiger partial charge in [-0.2, -0.15) is 0 Å². The van der Waals surface area contributed by atoms with Gasteiger partial charge in [0, 0.05) is 11.4 Å². The molecule has 18 heavy (non-hydrogen) atoms. The van der Waals surface area contributed by atoms with Crippen LogP contribution in [0.15, 0.2) is 24.3 Å². The maximum Gasteiger partial charge on any atom is 0.327 e. The molecule has 0 bridgehead atoms. The van der Waals surface area contributed by atoms with Crippen molar-refractivity contribution in [2.45, 2.75) is 6.04 Å². The van der Waals surface area contributed by atoms with E-state index in [1.807, 2.05) is 0 Å². The largest absolute Gasteiger partial charge is 0.480 e. The van der Waals surface area contributed by atoms with Crippen molar-refractivity contribution in [1.82, 2.24) is 4.90 Å². The van der Waals surface area contributed by atoms with Crippen LogP contribution < -0.4 is 5.32 Å². The number of rotatable bonds is 2. The lowest BCUT2D eigenvalue weighted by Gasteiger charge is -2.20. The van der Waals surface area contributed by atoms with Crippen LogP contribution >= 0.6 is 11.8 Å². The third-order valence-corrected chi connectivity index (χ3v) is 3.54. The number of anilines is 1. The first-order valence-corrected chi connectivity index (χ1v) is 6.37. The SMILES string of the molecule is O=C(O)[C@@H]1CSCN1C(=O)Nc1ccc(F)cc1. The molecule has 1 aromatic rings. The number of halogens is 1. The molecule has 2 amide bonds. The predicted molar refractivity (Wildman–Crippen MR) is 66.0 cm³/mol. The first-order valence-electron chi connectivity index (χ1n) is 5.21. The lowest BCUT2D eigenvalue weighted by molar-refractivity contribution is -0.140. The van der Waals surface area contributed by atoms with Crippen LogP contribution in [-0.4, -0.2) is 39.7 Å². The Morgan fingerprint density at radius 1 is 1.39 bits per heavy atom. The average Bonchev–Trinajstić information content (AvgIpc) is 2.81. The number of nitrogens with one attached hydrogen (secondary N) is 1. The second kappa shape index (κ2) is 5.26. The van der Waals surface area contributed by atoms with E-state index in [1.54, 1.807) is 0 Å². The van der Waals surface area contributed by atoms with Gasteiger partial charge in [0.05, 0.1) is 5.88 Å². The van der Waals surface area contributed by atoms with Crippen LogP contribution in [0.25, 0.3) is 0 Å². The summed E-state index contributed by atoms with van der Waals surface area (Å²) in [4.78, 5) is 24.0. The third-order valence-electron chi connectivity index (χ3n) is 2.52. The number of carbonyl (C=O) groups excluding carboxylic acids is 1.